The SMILES string of the molecule is CC(C)CN1C(=O)/C(=C\c2cccc(OCC#N)c2)SC1=Nc1ccccc1. The van der Waals surface area contributed by atoms with E-state index in [1.54, 1.807) is 11.0 Å². The number of nitrogens with zero attached hydrogens (tertiary/aromatic N) is 3. The molecule has 3 rings (SSSR count). The monoisotopic (exact) mass is 391 g/mol. The molecule has 0 atom stereocenters. The Morgan fingerprint density at radius 2 is 2.00 bits per heavy atom. The first-order valence-electron chi connectivity index (χ1n) is 9.02. The fourth-order valence-corrected chi connectivity index (χ4v) is 3.70. The molecule has 0 saturated carbocycles. The van der Waals surface area contributed by atoms with Crippen LogP contribution in [0.15, 0.2) is 64.5 Å². The van der Waals surface area contributed by atoms with E-state index in [0.29, 0.717) is 28.3 Å². The minimum atomic E-state index is -0.0447. The number of ether oxygens (including phenoxy) is 1. The summed E-state index contributed by atoms with van der Waals surface area (Å²) in [5.41, 5.74) is 1.66. The van der Waals surface area contributed by atoms with Crippen LogP contribution >= 0.6 is 11.8 Å². The summed E-state index contributed by atoms with van der Waals surface area (Å²) in [4.78, 5) is 20.0. The number of carbonyl (C=O) groups is 1. The number of rotatable bonds is 6. The summed E-state index contributed by atoms with van der Waals surface area (Å²) < 4.78 is 5.34. The van der Waals surface area contributed by atoms with Gasteiger partial charge in [0.1, 0.15) is 11.8 Å². The molecule has 0 aromatic heterocycles. The molecular weight excluding hydrogens is 370 g/mol. The molecule has 6 heteroatoms. The predicted octanol–water partition coefficient (Wildman–Crippen LogP) is 4.85. The Bertz CT molecular complexity index is 946. The lowest BCUT2D eigenvalue weighted by Gasteiger charge is -2.17. The normalized spacial score (nSPS) is 16.8. The molecule has 2 aromatic rings. The number of benzene rings is 2. The second kappa shape index (κ2) is 9.25. The number of nitriles is 1. The zero-order chi connectivity index (χ0) is 19.9. The Kier molecular flexibility index (Phi) is 6.51. The van der Waals surface area contributed by atoms with E-state index in [4.69, 9.17) is 10.00 Å². The van der Waals surface area contributed by atoms with Crippen LogP contribution in [0.5, 0.6) is 5.75 Å². The summed E-state index contributed by atoms with van der Waals surface area (Å²) in [5.74, 6) is 0.882. The highest BCUT2D eigenvalue weighted by Gasteiger charge is 2.33. The number of thioether (sulfide) groups is 1. The van der Waals surface area contributed by atoms with E-state index in [1.165, 1.54) is 11.8 Å². The van der Waals surface area contributed by atoms with Crippen molar-refractivity contribution in [1.29, 1.82) is 5.26 Å². The first-order chi connectivity index (χ1) is 13.6. The molecule has 0 bridgehead atoms. The van der Waals surface area contributed by atoms with Gasteiger partial charge in [0.25, 0.3) is 5.91 Å². The van der Waals surface area contributed by atoms with E-state index in [1.807, 2.05) is 60.7 Å². The van der Waals surface area contributed by atoms with Gasteiger partial charge in [0.2, 0.25) is 0 Å². The molecule has 0 spiro atoms. The van der Waals surface area contributed by atoms with Gasteiger partial charge in [-0.1, -0.05) is 44.2 Å². The molecule has 0 unspecified atom stereocenters. The minimum absolute atomic E-state index is 0.0102. The van der Waals surface area contributed by atoms with Crippen molar-refractivity contribution in [2.75, 3.05) is 13.2 Å². The lowest BCUT2D eigenvalue weighted by Crippen LogP contribution is -2.32. The Morgan fingerprint density at radius 1 is 1.21 bits per heavy atom. The Labute approximate surface area is 169 Å². The highest BCUT2D eigenvalue weighted by Crippen LogP contribution is 2.35. The van der Waals surface area contributed by atoms with Crippen LogP contribution in [-0.4, -0.2) is 29.1 Å². The largest absolute Gasteiger partial charge is 0.479 e. The molecule has 0 N–H and O–H groups in total. The van der Waals surface area contributed by atoms with Crippen LogP contribution in [-0.2, 0) is 4.79 Å². The van der Waals surface area contributed by atoms with Crippen molar-refractivity contribution >= 4 is 34.6 Å². The van der Waals surface area contributed by atoms with Gasteiger partial charge in [-0.2, -0.15) is 5.26 Å². The van der Waals surface area contributed by atoms with Gasteiger partial charge in [-0.3, -0.25) is 9.69 Å². The van der Waals surface area contributed by atoms with Gasteiger partial charge in [0.05, 0.1) is 10.6 Å². The van der Waals surface area contributed by atoms with E-state index < -0.39 is 0 Å². The second-order valence-electron chi connectivity index (χ2n) is 6.67. The lowest BCUT2D eigenvalue weighted by atomic mass is 10.2. The third-order valence-corrected chi connectivity index (χ3v) is 4.88. The maximum absolute atomic E-state index is 13.0. The maximum atomic E-state index is 13.0. The van der Waals surface area contributed by atoms with Crippen molar-refractivity contribution in [2.45, 2.75) is 13.8 Å². The number of amides is 1. The molecular formula is C22H21N3O2S. The molecule has 0 aliphatic carbocycles. The van der Waals surface area contributed by atoms with E-state index in [9.17, 15) is 4.79 Å². The van der Waals surface area contributed by atoms with Crippen LogP contribution in [0.3, 0.4) is 0 Å². The highest BCUT2D eigenvalue weighted by molar-refractivity contribution is 8.18. The lowest BCUT2D eigenvalue weighted by molar-refractivity contribution is -0.122. The summed E-state index contributed by atoms with van der Waals surface area (Å²) in [5, 5.41) is 9.35. The Hall–Kier alpha value is -3.04. The molecule has 1 amide bonds. The van der Waals surface area contributed by atoms with E-state index in [0.717, 1.165) is 11.3 Å². The summed E-state index contributed by atoms with van der Waals surface area (Å²) >= 11 is 1.38. The van der Waals surface area contributed by atoms with Crippen LogP contribution in [0.1, 0.15) is 19.4 Å². The van der Waals surface area contributed by atoms with Crippen molar-refractivity contribution in [3.05, 3.63) is 65.1 Å². The molecule has 5 nitrogen and oxygen atoms in total. The van der Waals surface area contributed by atoms with Gasteiger partial charge in [0, 0.05) is 6.54 Å². The molecule has 1 saturated heterocycles. The average Bonchev–Trinajstić information content (AvgIpc) is 2.96. The molecule has 28 heavy (non-hydrogen) atoms. The molecule has 1 heterocycles. The predicted molar refractivity (Wildman–Crippen MR) is 113 cm³/mol. The first-order valence-corrected chi connectivity index (χ1v) is 9.83. The fraction of sp³-hybridized carbons (Fsp3) is 0.227. The minimum Gasteiger partial charge on any atom is -0.479 e. The van der Waals surface area contributed by atoms with E-state index in [-0.39, 0.29) is 12.5 Å². The van der Waals surface area contributed by atoms with Gasteiger partial charge >= 0.3 is 0 Å². The van der Waals surface area contributed by atoms with Crippen molar-refractivity contribution in [2.24, 2.45) is 10.9 Å². The van der Waals surface area contributed by atoms with Gasteiger partial charge < -0.3 is 4.74 Å². The van der Waals surface area contributed by atoms with Crippen LogP contribution < -0.4 is 4.74 Å². The van der Waals surface area contributed by atoms with Crippen molar-refractivity contribution in [3.63, 3.8) is 0 Å². The number of carbonyl (C=O) groups excluding carboxylic acids is 1. The fourth-order valence-electron chi connectivity index (χ4n) is 2.69. The standard InChI is InChI=1S/C22H21N3O2S/c1-16(2)15-25-21(26)20(28-22(25)24-18-8-4-3-5-9-18)14-17-7-6-10-19(13-17)27-12-11-23/h3-10,13-14,16H,12,15H2,1-2H3/b20-14+,24-22?. The maximum Gasteiger partial charge on any atom is 0.266 e. The number of para-hydroxylation sites is 1. The third kappa shape index (κ3) is 5.02. The zero-order valence-electron chi connectivity index (χ0n) is 15.8. The van der Waals surface area contributed by atoms with Crippen LogP contribution in [0.25, 0.3) is 6.08 Å². The van der Waals surface area contributed by atoms with Crippen LogP contribution in [0.4, 0.5) is 5.69 Å². The van der Waals surface area contributed by atoms with Crippen LogP contribution in [0, 0.1) is 17.2 Å². The molecule has 0 radical (unpaired) electrons. The number of hydrogen-bond acceptors (Lipinski definition) is 5. The van der Waals surface area contributed by atoms with Crippen LogP contribution in [0.2, 0.25) is 0 Å². The van der Waals surface area contributed by atoms with E-state index >= 15 is 0 Å². The van der Waals surface area contributed by atoms with Crippen molar-refractivity contribution in [1.82, 2.24) is 4.90 Å². The summed E-state index contributed by atoms with van der Waals surface area (Å²) in [6.07, 6.45) is 1.84. The number of amidine groups is 1. The Balaban J connectivity index is 1.90. The molecule has 142 valence electrons. The van der Waals surface area contributed by atoms with Gasteiger partial charge in [-0.15, -0.1) is 0 Å². The van der Waals surface area contributed by atoms with Gasteiger partial charge in [0.15, 0.2) is 11.8 Å². The second-order valence-corrected chi connectivity index (χ2v) is 7.68. The number of aliphatic imine (C=N–C) groups is 1. The highest BCUT2D eigenvalue weighted by atomic mass is 32.2. The molecule has 1 aliphatic heterocycles. The zero-order valence-corrected chi connectivity index (χ0v) is 16.6. The first kappa shape index (κ1) is 19.7. The summed E-state index contributed by atoms with van der Waals surface area (Å²) in [6.45, 7) is 4.76. The van der Waals surface area contributed by atoms with Crippen molar-refractivity contribution in [3.8, 4) is 11.8 Å². The topological polar surface area (TPSA) is 65.7 Å². The third-order valence-electron chi connectivity index (χ3n) is 3.88. The van der Waals surface area contributed by atoms with Gasteiger partial charge in [-0.25, -0.2) is 4.99 Å². The summed E-state index contributed by atoms with van der Waals surface area (Å²) in [7, 11) is 0. The van der Waals surface area contributed by atoms with Crippen molar-refractivity contribution < 1.29 is 9.53 Å². The average molecular weight is 391 g/mol. The van der Waals surface area contributed by atoms with E-state index in [2.05, 4.69) is 18.8 Å². The smallest absolute Gasteiger partial charge is 0.266 e. The quantitative estimate of drug-likeness (QED) is 0.660. The number of hydrogen-bond donors (Lipinski definition) is 0. The van der Waals surface area contributed by atoms with Gasteiger partial charge in [-0.05, 0) is 53.6 Å². The molecule has 1 fully saturated rings. The molecule has 2 aromatic carbocycles. The Morgan fingerprint density at radius 3 is 2.71 bits per heavy atom. The molecule has 1 aliphatic rings. The summed E-state index contributed by atoms with van der Waals surface area (Å²) in [6, 6.07) is 18.9.